The number of carbonyl (C=O) groups excluding carboxylic acids is 2. The van der Waals surface area contributed by atoms with E-state index in [9.17, 15) is 9.59 Å². The second kappa shape index (κ2) is 7.41. The summed E-state index contributed by atoms with van der Waals surface area (Å²) in [5.74, 6) is -1.83. The molecule has 98 valence electrons. The lowest BCUT2D eigenvalue weighted by molar-refractivity contribution is -0.236. The summed E-state index contributed by atoms with van der Waals surface area (Å²) < 4.78 is 0. The fourth-order valence-corrected chi connectivity index (χ4v) is 1.69. The topological polar surface area (TPSA) is 93.1 Å². The summed E-state index contributed by atoms with van der Waals surface area (Å²) in [7, 11) is 0. The Morgan fingerprint density at radius 3 is 2.22 bits per heavy atom. The third-order valence-corrected chi connectivity index (χ3v) is 2.58. The van der Waals surface area contributed by atoms with Gasteiger partial charge in [-0.1, -0.05) is 30.3 Å². The zero-order valence-electron chi connectivity index (χ0n) is 9.61. The molecule has 0 spiro atoms. The van der Waals surface area contributed by atoms with Crippen LogP contribution in [-0.4, -0.2) is 22.5 Å². The van der Waals surface area contributed by atoms with E-state index < -0.39 is 11.9 Å². The van der Waals surface area contributed by atoms with Crippen LogP contribution in [0.1, 0.15) is 30.7 Å². The first-order valence-corrected chi connectivity index (χ1v) is 5.40. The lowest BCUT2D eigenvalue weighted by Gasteiger charge is -2.14. The van der Waals surface area contributed by atoms with Crippen molar-refractivity contribution in [2.75, 3.05) is 0 Å². The molecule has 0 aliphatic heterocycles. The number of hydrogen-bond acceptors (Lipinski definition) is 6. The van der Waals surface area contributed by atoms with Gasteiger partial charge in [0.25, 0.3) is 0 Å². The van der Waals surface area contributed by atoms with Crippen molar-refractivity contribution < 1.29 is 29.9 Å². The van der Waals surface area contributed by atoms with Crippen LogP contribution in [-0.2, 0) is 19.4 Å². The molecule has 0 aliphatic carbocycles. The SMILES string of the molecule is O=C(CCC(CC(=O)OO)c1ccccc1)OO. The van der Waals surface area contributed by atoms with Gasteiger partial charge < -0.3 is 9.78 Å². The van der Waals surface area contributed by atoms with Crippen LogP contribution in [0, 0.1) is 0 Å². The zero-order valence-corrected chi connectivity index (χ0v) is 9.61. The second-order valence-electron chi connectivity index (χ2n) is 3.78. The van der Waals surface area contributed by atoms with Crippen LogP contribution in [0.2, 0.25) is 0 Å². The average molecular weight is 254 g/mol. The van der Waals surface area contributed by atoms with E-state index in [0.29, 0.717) is 6.42 Å². The molecule has 0 bridgehead atoms. The van der Waals surface area contributed by atoms with Gasteiger partial charge in [0.15, 0.2) is 0 Å². The Labute approximate surface area is 104 Å². The Morgan fingerprint density at radius 2 is 1.67 bits per heavy atom. The molecule has 0 heterocycles. The van der Waals surface area contributed by atoms with E-state index in [-0.39, 0.29) is 18.8 Å². The standard InChI is InChI=1S/C12H14O6/c13-11(17-15)7-6-10(8-12(14)18-16)9-4-2-1-3-5-9/h1-5,10,15-16H,6-8H2. The largest absolute Gasteiger partial charge is 0.342 e. The smallest absolute Gasteiger partial charge is 0.301 e. The highest BCUT2D eigenvalue weighted by atomic mass is 17.1. The molecule has 1 unspecified atom stereocenters. The van der Waals surface area contributed by atoms with Gasteiger partial charge in [-0.2, -0.15) is 10.5 Å². The van der Waals surface area contributed by atoms with Crippen LogP contribution in [0.15, 0.2) is 30.3 Å². The van der Waals surface area contributed by atoms with Crippen LogP contribution in [0.3, 0.4) is 0 Å². The van der Waals surface area contributed by atoms with Crippen molar-refractivity contribution in [1.82, 2.24) is 0 Å². The van der Waals surface area contributed by atoms with Crippen LogP contribution in [0.25, 0.3) is 0 Å². The molecule has 1 aromatic rings. The van der Waals surface area contributed by atoms with E-state index in [2.05, 4.69) is 9.78 Å². The zero-order chi connectivity index (χ0) is 13.4. The van der Waals surface area contributed by atoms with Crippen LogP contribution < -0.4 is 0 Å². The highest BCUT2D eigenvalue weighted by Gasteiger charge is 2.19. The van der Waals surface area contributed by atoms with Gasteiger partial charge in [0.1, 0.15) is 0 Å². The fraction of sp³-hybridized carbons (Fsp3) is 0.333. The number of rotatable bonds is 6. The minimum absolute atomic E-state index is 0.0330. The summed E-state index contributed by atoms with van der Waals surface area (Å²) in [4.78, 5) is 29.1. The van der Waals surface area contributed by atoms with Gasteiger partial charge in [-0.15, -0.1) is 0 Å². The fourth-order valence-electron chi connectivity index (χ4n) is 1.69. The van der Waals surface area contributed by atoms with Gasteiger partial charge >= 0.3 is 11.9 Å². The van der Waals surface area contributed by atoms with Crippen molar-refractivity contribution in [2.45, 2.75) is 25.2 Å². The number of hydrogen-bond donors (Lipinski definition) is 2. The first-order valence-electron chi connectivity index (χ1n) is 5.40. The molecule has 1 rings (SSSR count). The minimum Gasteiger partial charge on any atom is -0.301 e. The molecule has 1 atom stereocenters. The lowest BCUT2D eigenvalue weighted by Crippen LogP contribution is -2.11. The van der Waals surface area contributed by atoms with Crippen molar-refractivity contribution in [3.05, 3.63) is 35.9 Å². The van der Waals surface area contributed by atoms with E-state index in [4.69, 9.17) is 10.5 Å². The van der Waals surface area contributed by atoms with E-state index in [0.717, 1.165) is 5.56 Å². The Balaban J connectivity index is 2.69. The van der Waals surface area contributed by atoms with Crippen molar-refractivity contribution in [1.29, 1.82) is 0 Å². The van der Waals surface area contributed by atoms with Crippen molar-refractivity contribution in [3.8, 4) is 0 Å². The monoisotopic (exact) mass is 254 g/mol. The highest BCUT2D eigenvalue weighted by Crippen LogP contribution is 2.25. The molecule has 2 N–H and O–H groups in total. The van der Waals surface area contributed by atoms with Gasteiger partial charge in [-0.25, -0.2) is 9.59 Å². The maximum absolute atomic E-state index is 11.1. The number of benzene rings is 1. The average Bonchev–Trinajstić information content (AvgIpc) is 2.43. The molecule has 0 aromatic heterocycles. The third kappa shape index (κ3) is 4.52. The lowest BCUT2D eigenvalue weighted by atomic mass is 9.91. The normalized spacial score (nSPS) is 11.7. The van der Waals surface area contributed by atoms with Gasteiger partial charge in [0.2, 0.25) is 0 Å². The van der Waals surface area contributed by atoms with Crippen molar-refractivity contribution >= 4 is 11.9 Å². The van der Waals surface area contributed by atoms with Gasteiger partial charge in [-0.3, -0.25) is 0 Å². The Hall–Kier alpha value is -1.92. The van der Waals surface area contributed by atoms with E-state index in [1.807, 2.05) is 6.07 Å². The molecule has 0 saturated heterocycles. The summed E-state index contributed by atoms with van der Waals surface area (Å²) in [6.45, 7) is 0. The first kappa shape index (κ1) is 14.1. The van der Waals surface area contributed by atoms with Crippen LogP contribution >= 0.6 is 0 Å². The van der Waals surface area contributed by atoms with Crippen molar-refractivity contribution in [3.63, 3.8) is 0 Å². The molecular weight excluding hydrogens is 240 g/mol. The maximum Gasteiger partial charge on any atom is 0.342 e. The van der Waals surface area contributed by atoms with Gasteiger partial charge in [-0.05, 0) is 17.9 Å². The van der Waals surface area contributed by atoms with Crippen molar-refractivity contribution in [2.24, 2.45) is 0 Å². The summed E-state index contributed by atoms with van der Waals surface area (Å²) in [6, 6.07) is 9.04. The van der Waals surface area contributed by atoms with Crippen LogP contribution in [0.4, 0.5) is 0 Å². The molecule has 6 heteroatoms. The molecule has 0 aliphatic rings. The van der Waals surface area contributed by atoms with E-state index >= 15 is 0 Å². The van der Waals surface area contributed by atoms with Crippen LogP contribution in [0.5, 0.6) is 0 Å². The Morgan fingerprint density at radius 1 is 1.06 bits per heavy atom. The molecule has 0 fully saturated rings. The predicted octanol–water partition coefficient (Wildman–Crippen LogP) is 1.97. The molecule has 0 saturated carbocycles. The number of carbonyl (C=O) groups is 2. The van der Waals surface area contributed by atoms with Gasteiger partial charge in [0, 0.05) is 6.42 Å². The van der Waals surface area contributed by atoms with E-state index in [1.165, 1.54) is 0 Å². The molecule has 18 heavy (non-hydrogen) atoms. The summed E-state index contributed by atoms with van der Waals surface area (Å²) >= 11 is 0. The molecular formula is C12H14O6. The molecule has 0 amide bonds. The summed E-state index contributed by atoms with van der Waals surface area (Å²) in [5.41, 5.74) is 0.841. The quantitative estimate of drug-likeness (QED) is 0.595. The Kier molecular flexibility index (Phi) is 5.83. The highest BCUT2D eigenvalue weighted by molar-refractivity contribution is 5.71. The molecule has 1 aromatic carbocycles. The maximum atomic E-state index is 11.1. The van der Waals surface area contributed by atoms with Gasteiger partial charge in [0.05, 0.1) is 6.42 Å². The second-order valence-corrected chi connectivity index (χ2v) is 3.78. The predicted molar refractivity (Wildman–Crippen MR) is 60.5 cm³/mol. The summed E-state index contributed by atoms with van der Waals surface area (Å²) in [5, 5.41) is 16.4. The third-order valence-electron chi connectivity index (χ3n) is 2.58. The Bertz CT molecular complexity index is 389. The van der Waals surface area contributed by atoms with E-state index in [1.54, 1.807) is 24.3 Å². The molecule has 0 radical (unpaired) electrons. The summed E-state index contributed by atoms with van der Waals surface area (Å²) in [6.07, 6.45) is 0.215. The molecule has 6 nitrogen and oxygen atoms in total. The first-order chi connectivity index (χ1) is 8.67. The minimum atomic E-state index is -0.777.